The van der Waals surface area contributed by atoms with Crippen LogP contribution in [0, 0.1) is 5.92 Å². The van der Waals surface area contributed by atoms with Crippen molar-refractivity contribution in [3.63, 3.8) is 0 Å². The van der Waals surface area contributed by atoms with E-state index in [1.807, 2.05) is 31.1 Å². The number of rotatable bonds is 5. The zero-order chi connectivity index (χ0) is 18.7. The SMILES string of the molecule is CN(C)c1ccc(NC(=O)Nc2ncc(Cl)s2)c(C(=O)C2CCCC2)c1. The second kappa shape index (κ2) is 8.05. The first-order chi connectivity index (χ1) is 12.4. The number of benzene rings is 1. The van der Waals surface area contributed by atoms with Crippen molar-refractivity contribution < 1.29 is 9.59 Å². The Balaban J connectivity index is 1.82. The molecule has 1 heterocycles. The minimum absolute atomic E-state index is 0.0359. The lowest BCUT2D eigenvalue weighted by molar-refractivity contribution is 0.0924. The molecule has 26 heavy (non-hydrogen) atoms. The van der Waals surface area contributed by atoms with Crippen LogP contribution in [0.4, 0.5) is 21.3 Å². The predicted octanol–water partition coefficient (Wildman–Crippen LogP) is 4.88. The number of Topliss-reactive ketones (excluding diaryl/α,β-unsaturated/α-hetero) is 1. The summed E-state index contributed by atoms with van der Waals surface area (Å²) < 4.78 is 0.493. The third-order valence-corrected chi connectivity index (χ3v) is 5.49. The third kappa shape index (κ3) is 4.34. The van der Waals surface area contributed by atoms with Crippen molar-refractivity contribution >= 4 is 51.3 Å². The average Bonchev–Trinajstić information content (AvgIpc) is 3.26. The van der Waals surface area contributed by atoms with Gasteiger partial charge in [0.05, 0.1) is 11.9 Å². The van der Waals surface area contributed by atoms with Crippen LogP contribution in [0.25, 0.3) is 0 Å². The van der Waals surface area contributed by atoms with E-state index in [4.69, 9.17) is 11.6 Å². The van der Waals surface area contributed by atoms with Crippen LogP contribution in [0.5, 0.6) is 0 Å². The molecule has 0 bridgehead atoms. The van der Waals surface area contributed by atoms with Crippen LogP contribution in [0.1, 0.15) is 36.0 Å². The molecule has 138 valence electrons. The number of anilines is 3. The lowest BCUT2D eigenvalue weighted by Crippen LogP contribution is -2.22. The second-order valence-corrected chi connectivity index (χ2v) is 8.18. The van der Waals surface area contributed by atoms with E-state index in [0.717, 1.165) is 31.4 Å². The lowest BCUT2D eigenvalue weighted by atomic mass is 9.94. The molecule has 0 radical (unpaired) electrons. The number of aromatic nitrogens is 1. The topological polar surface area (TPSA) is 74.3 Å². The van der Waals surface area contributed by atoms with Crippen molar-refractivity contribution in [3.8, 4) is 0 Å². The molecule has 1 saturated carbocycles. The minimum atomic E-state index is -0.450. The van der Waals surface area contributed by atoms with E-state index in [0.29, 0.717) is 20.7 Å². The Bertz CT molecular complexity index is 815. The Morgan fingerprint density at radius 2 is 1.96 bits per heavy atom. The normalized spacial score (nSPS) is 14.3. The second-order valence-electron chi connectivity index (χ2n) is 6.52. The van der Waals surface area contributed by atoms with Gasteiger partial charge in [0.2, 0.25) is 0 Å². The molecule has 1 aromatic carbocycles. The summed E-state index contributed by atoms with van der Waals surface area (Å²) in [5.41, 5.74) is 1.98. The van der Waals surface area contributed by atoms with Crippen molar-refractivity contribution in [3.05, 3.63) is 34.3 Å². The van der Waals surface area contributed by atoms with Crippen LogP contribution >= 0.6 is 22.9 Å². The Morgan fingerprint density at radius 3 is 2.58 bits per heavy atom. The molecular formula is C18H21ClN4O2S. The summed E-state index contributed by atoms with van der Waals surface area (Å²) in [6.45, 7) is 0. The molecule has 8 heteroatoms. The van der Waals surface area contributed by atoms with Gasteiger partial charge in [-0.3, -0.25) is 10.1 Å². The summed E-state index contributed by atoms with van der Waals surface area (Å²) in [5, 5.41) is 5.81. The van der Waals surface area contributed by atoms with Gasteiger partial charge in [-0.25, -0.2) is 9.78 Å². The van der Waals surface area contributed by atoms with Crippen molar-refractivity contribution in [2.45, 2.75) is 25.7 Å². The van der Waals surface area contributed by atoms with Crippen LogP contribution < -0.4 is 15.5 Å². The predicted molar refractivity (Wildman–Crippen MR) is 107 cm³/mol. The molecule has 0 atom stereocenters. The highest BCUT2D eigenvalue weighted by atomic mass is 35.5. The van der Waals surface area contributed by atoms with Gasteiger partial charge in [-0.1, -0.05) is 35.8 Å². The third-order valence-electron chi connectivity index (χ3n) is 4.46. The fraction of sp³-hybridized carbons (Fsp3) is 0.389. The van der Waals surface area contributed by atoms with Gasteiger partial charge in [-0.15, -0.1) is 0 Å². The van der Waals surface area contributed by atoms with Gasteiger partial charge in [0.25, 0.3) is 0 Å². The quantitative estimate of drug-likeness (QED) is 0.711. The first-order valence-electron chi connectivity index (χ1n) is 8.49. The number of urea groups is 1. The van der Waals surface area contributed by atoms with Gasteiger partial charge < -0.3 is 10.2 Å². The number of hydrogen-bond donors (Lipinski definition) is 2. The standard InChI is InChI=1S/C18H21ClN4O2S/c1-23(2)12-7-8-14(13(9-12)16(24)11-5-3-4-6-11)21-17(25)22-18-20-10-15(19)26-18/h7-11H,3-6H2,1-2H3,(H2,20,21,22,25). The highest BCUT2D eigenvalue weighted by molar-refractivity contribution is 7.19. The molecule has 1 aromatic heterocycles. The molecule has 0 saturated heterocycles. The average molecular weight is 393 g/mol. The van der Waals surface area contributed by atoms with Gasteiger partial charge >= 0.3 is 6.03 Å². The maximum atomic E-state index is 13.0. The zero-order valence-corrected chi connectivity index (χ0v) is 16.3. The summed E-state index contributed by atoms with van der Waals surface area (Å²) in [6, 6.07) is 5.04. The van der Waals surface area contributed by atoms with Gasteiger partial charge in [-0.05, 0) is 31.0 Å². The van der Waals surface area contributed by atoms with Crippen LogP contribution in [-0.4, -0.2) is 30.9 Å². The Kier molecular flexibility index (Phi) is 5.78. The largest absolute Gasteiger partial charge is 0.378 e. The highest BCUT2D eigenvalue weighted by Gasteiger charge is 2.26. The number of carbonyl (C=O) groups is 2. The number of hydrogen-bond acceptors (Lipinski definition) is 5. The number of amides is 2. The van der Waals surface area contributed by atoms with Gasteiger partial charge in [0.15, 0.2) is 10.9 Å². The van der Waals surface area contributed by atoms with E-state index in [2.05, 4.69) is 15.6 Å². The number of carbonyl (C=O) groups excluding carboxylic acids is 2. The fourth-order valence-electron chi connectivity index (χ4n) is 3.09. The van der Waals surface area contributed by atoms with Crippen molar-refractivity contribution in [2.24, 2.45) is 5.92 Å². The molecule has 2 aromatic rings. The molecule has 1 aliphatic carbocycles. The van der Waals surface area contributed by atoms with Crippen molar-refractivity contribution in [2.75, 3.05) is 29.6 Å². The summed E-state index contributed by atoms with van der Waals surface area (Å²) in [7, 11) is 3.84. The number of halogens is 1. The molecule has 2 N–H and O–H groups in total. The van der Waals surface area contributed by atoms with Gasteiger partial charge in [0, 0.05) is 31.3 Å². The molecule has 3 rings (SSSR count). The summed E-state index contributed by atoms with van der Waals surface area (Å²) in [6.07, 6.45) is 5.46. The van der Waals surface area contributed by atoms with E-state index in [9.17, 15) is 9.59 Å². The molecule has 0 aliphatic heterocycles. The number of nitrogens with one attached hydrogen (secondary N) is 2. The van der Waals surface area contributed by atoms with Crippen LogP contribution in [-0.2, 0) is 0 Å². The van der Waals surface area contributed by atoms with Gasteiger partial charge in [0.1, 0.15) is 4.34 Å². The molecule has 0 spiro atoms. The fourth-order valence-corrected chi connectivity index (χ4v) is 3.90. The monoisotopic (exact) mass is 392 g/mol. The zero-order valence-electron chi connectivity index (χ0n) is 14.7. The molecular weight excluding hydrogens is 372 g/mol. The van der Waals surface area contributed by atoms with E-state index in [-0.39, 0.29) is 11.7 Å². The highest BCUT2D eigenvalue weighted by Crippen LogP contribution is 2.32. The molecule has 2 amide bonds. The molecule has 6 nitrogen and oxygen atoms in total. The Labute approximate surface area is 161 Å². The van der Waals surface area contributed by atoms with E-state index in [1.54, 1.807) is 6.07 Å². The summed E-state index contributed by atoms with van der Waals surface area (Å²) in [5.74, 6) is 0.132. The number of ketones is 1. The lowest BCUT2D eigenvalue weighted by Gasteiger charge is -2.18. The molecule has 1 fully saturated rings. The molecule has 0 unspecified atom stereocenters. The summed E-state index contributed by atoms with van der Waals surface area (Å²) in [4.78, 5) is 31.2. The minimum Gasteiger partial charge on any atom is -0.378 e. The van der Waals surface area contributed by atoms with E-state index in [1.165, 1.54) is 17.5 Å². The van der Waals surface area contributed by atoms with E-state index < -0.39 is 6.03 Å². The number of nitrogens with zero attached hydrogens (tertiary/aromatic N) is 2. The van der Waals surface area contributed by atoms with Crippen molar-refractivity contribution in [1.29, 1.82) is 0 Å². The summed E-state index contributed by atoms with van der Waals surface area (Å²) >= 11 is 7.00. The maximum Gasteiger partial charge on any atom is 0.325 e. The first kappa shape index (κ1) is 18.7. The Morgan fingerprint density at radius 1 is 1.23 bits per heavy atom. The van der Waals surface area contributed by atoms with Gasteiger partial charge in [-0.2, -0.15) is 0 Å². The number of thiazole rings is 1. The van der Waals surface area contributed by atoms with Crippen LogP contribution in [0.15, 0.2) is 24.4 Å². The first-order valence-corrected chi connectivity index (χ1v) is 9.68. The smallest absolute Gasteiger partial charge is 0.325 e. The van der Waals surface area contributed by atoms with Crippen LogP contribution in [0.3, 0.4) is 0 Å². The molecule has 1 aliphatic rings. The Hall–Kier alpha value is -2.12. The van der Waals surface area contributed by atoms with Crippen LogP contribution in [0.2, 0.25) is 4.34 Å². The van der Waals surface area contributed by atoms with E-state index >= 15 is 0 Å². The maximum absolute atomic E-state index is 13.0. The van der Waals surface area contributed by atoms with Crippen molar-refractivity contribution in [1.82, 2.24) is 4.98 Å².